The predicted octanol–water partition coefficient (Wildman–Crippen LogP) is 3.07. The Balaban J connectivity index is 1.76. The second kappa shape index (κ2) is 6.31. The molecule has 0 heterocycles. The van der Waals surface area contributed by atoms with E-state index in [9.17, 15) is 14.9 Å². The Kier molecular flexibility index (Phi) is 4.20. The van der Waals surface area contributed by atoms with Crippen molar-refractivity contribution in [1.29, 1.82) is 0 Å². The van der Waals surface area contributed by atoms with Gasteiger partial charge in [-0.2, -0.15) is 0 Å². The maximum absolute atomic E-state index is 12.5. The van der Waals surface area contributed by atoms with E-state index in [0.29, 0.717) is 12.3 Å². The van der Waals surface area contributed by atoms with Gasteiger partial charge in [-0.3, -0.25) is 14.9 Å². The second-order valence-corrected chi connectivity index (χ2v) is 5.97. The van der Waals surface area contributed by atoms with E-state index in [2.05, 4.69) is 17.4 Å². The number of nitro benzene ring substituents is 1. The highest BCUT2D eigenvalue weighted by atomic mass is 16.6. The monoisotopic (exact) mass is 326 g/mol. The number of carbonyl (C=O) groups excluding carboxylic acids is 1. The summed E-state index contributed by atoms with van der Waals surface area (Å²) < 4.78 is 5.15. The van der Waals surface area contributed by atoms with Crippen molar-refractivity contribution in [3.8, 4) is 5.75 Å². The number of ether oxygens (including phenoxy) is 1. The van der Waals surface area contributed by atoms with Gasteiger partial charge in [-0.25, -0.2) is 0 Å². The first-order valence-electron chi connectivity index (χ1n) is 7.72. The highest BCUT2D eigenvalue weighted by Crippen LogP contribution is 2.47. The molecule has 6 heteroatoms. The first kappa shape index (κ1) is 16.0. The third-order valence-electron chi connectivity index (χ3n) is 4.47. The SMILES string of the molecule is COc1ccc([N+](=O)[O-])cc1C(=O)NCC1(c2ccccc2)CC1. The predicted molar refractivity (Wildman–Crippen MR) is 89.3 cm³/mol. The Morgan fingerprint density at radius 1 is 1.25 bits per heavy atom. The zero-order valence-electron chi connectivity index (χ0n) is 13.3. The number of nitro groups is 1. The molecular weight excluding hydrogens is 308 g/mol. The normalized spacial score (nSPS) is 14.7. The van der Waals surface area contributed by atoms with Gasteiger partial charge >= 0.3 is 0 Å². The van der Waals surface area contributed by atoms with E-state index in [0.717, 1.165) is 12.8 Å². The summed E-state index contributed by atoms with van der Waals surface area (Å²) in [5.41, 5.74) is 1.22. The van der Waals surface area contributed by atoms with E-state index in [1.807, 2.05) is 18.2 Å². The molecule has 0 bridgehead atoms. The Hall–Kier alpha value is -2.89. The summed E-state index contributed by atoms with van der Waals surface area (Å²) in [4.78, 5) is 22.9. The number of nitrogens with one attached hydrogen (secondary N) is 1. The molecule has 6 nitrogen and oxygen atoms in total. The van der Waals surface area contributed by atoms with Crippen LogP contribution in [0.15, 0.2) is 48.5 Å². The molecule has 0 radical (unpaired) electrons. The summed E-state index contributed by atoms with van der Waals surface area (Å²) in [7, 11) is 1.43. The van der Waals surface area contributed by atoms with Gasteiger partial charge in [-0.15, -0.1) is 0 Å². The van der Waals surface area contributed by atoms with Gasteiger partial charge in [0.1, 0.15) is 5.75 Å². The van der Waals surface area contributed by atoms with E-state index in [4.69, 9.17) is 4.74 Å². The fraction of sp³-hybridized carbons (Fsp3) is 0.278. The van der Waals surface area contributed by atoms with E-state index >= 15 is 0 Å². The first-order valence-corrected chi connectivity index (χ1v) is 7.72. The van der Waals surface area contributed by atoms with Crippen LogP contribution in [0.25, 0.3) is 0 Å². The largest absolute Gasteiger partial charge is 0.496 e. The highest BCUT2D eigenvalue weighted by molar-refractivity contribution is 5.97. The lowest BCUT2D eigenvalue weighted by Crippen LogP contribution is -2.32. The molecule has 1 aliphatic carbocycles. The van der Waals surface area contributed by atoms with E-state index in [-0.39, 0.29) is 22.6 Å². The van der Waals surface area contributed by atoms with Crippen LogP contribution in [0.3, 0.4) is 0 Å². The maximum atomic E-state index is 12.5. The van der Waals surface area contributed by atoms with Gasteiger partial charge in [0, 0.05) is 24.1 Å². The van der Waals surface area contributed by atoms with Crippen molar-refractivity contribution in [2.24, 2.45) is 0 Å². The van der Waals surface area contributed by atoms with Crippen molar-refractivity contribution in [3.63, 3.8) is 0 Å². The topological polar surface area (TPSA) is 81.5 Å². The molecule has 0 spiro atoms. The molecule has 0 unspecified atom stereocenters. The third-order valence-corrected chi connectivity index (χ3v) is 4.47. The summed E-state index contributed by atoms with van der Waals surface area (Å²) in [5.74, 6) is -0.0413. The Morgan fingerprint density at radius 3 is 2.54 bits per heavy atom. The second-order valence-electron chi connectivity index (χ2n) is 5.97. The lowest BCUT2D eigenvalue weighted by atomic mass is 9.96. The number of hydrogen-bond donors (Lipinski definition) is 1. The summed E-state index contributed by atoms with van der Waals surface area (Å²) >= 11 is 0. The van der Waals surface area contributed by atoms with Crippen LogP contribution in [0.5, 0.6) is 5.75 Å². The number of benzene rings is 2. The number of hydrogen-bond acceptors (Lipinski definition) is 4. The van der Waals surface area contributed by atoms with Crippen molar-refractivity contribution in [3.05, 3.63) is 69.8 Å². The summed E-state index contributed by atoms with van der Waals surface area (Å²) in [5, 5.41) is 13.8. The summed E-state index contributed by atoms with van der Waals surface area (Å²) in [6.45, 7) is 0.502. The number of non-ortho nitro benzene ring substituents is 1. The highest BCUT2D eigenvalue weighted by Gasteiger charge is 2.44. The molecule has 0 aliphatic heterocycles. The van der Waals surface area contributed by atoms with Crippen molar-refractivity contribution in [1.82, 2.24) is 5.32 Å². The van der Waals surface area contributed by atoms with Gasteiger partial charge < -0.3 is 10.1 Å². The van der Waals surface area contributed by atoms with Gasteiger partial charge in [0.25, 0.3) is 11.6 Å². The van der Waals surface area contributed by atoms with Gasteiger partial charge in [0.2, 0.25) is 0 Å². The quantitative estimate of drug-likeness (QED) is 0.653. The van der Waals surface area contributed by atoms with Crippen molar-refractivity contribution >= 4 is 11.6 Å². The van der Waals surface area contributed by atoms with E-state index in [1.165, 1.54) is 30.9 Å². The fourth-order valence-corrected chi connectivity index (χ4v) is 2.84. The molecule has 1 saturated carbocycles. The molecule has 24 heavy (non-hydrogen) atoms. The molecule has 3 rings (SSSR count). The zero-order valence-corrected chi connectivity index (χ0v) is 13.3. The molecule has 1 amide bonds. The van der Waals surface area contributed by atoms with Gasteiger partial charge in [-0.1, -0.05) is 30.3 Å². The van der Waals surface area contributed by atoms with Crippen molar-refractivity contribution < 1.29 is 14.5 Å². The number of carbonyl (C=O) groups is 1. The van der Waals surface area contributed by atoms with Crippen LogP contribution in [-0.2, 0) is 5.41 Å². The molecule has 1 N–H and O–H groups in total. The lowest BCUT2D eigenvalue weighted by Gasteiger charge is -2.17. The average molecular weight is 326 g/mol. The maximum Gasteiger partial charge on any atom is 0.270 e. The minimum absolute atomic E-state index is 0.0229. The van der Waals surface area contributed by atoms with Crippen LogP contribution in [0.2, 0.25) is 0 Å². The van der Waals surface area contributed by atoms with Crippen LogP contribution >= 0.6 is 0 Å². The van der Waals surface area contributed by atoms with Crippen molar-refractivity contribution in [2.75, 3.05) is 13.7 Å². The van der Waals surface area contributed by atoms with Crippen molar-refractivity contribution in [2.45, 2.75) is 18.3 Å². The molecule has 2 aromatic rings. The molecule has 124 valence electrons. The smallest absolute Gasteiger partial charge is 0.270 e. The minimum atomic E-state index is -0.525. The van der Waals surface area contributed by atoms with Crippen LogP contribution < -0.4 is 10.1 Å². The fourth-order valence-electron chi connectivity index (χ4n) is 2.84. The van der Waals surface area contributed by atoms with Gasteiger partial charge in [0.15, 0.2) is 0 Å². The number of amides is 1. The summed E-state index contributed by atoms with van der Waals surface area (Å²) in [6, 6.07) is 14.1. The summed E-state index contributed by atoms with van der Waals surface area (Å²) in [6.07, 6.45) is 2.03. The molecule has 2 aromatic carbocycles. The first-order chi connectivity index (χ1) is 11.6. The zero-order chi connectivity index (χ0) is 17.2. The molecule has 1 aliphatic rings. The van der Waals surface area contributed by atoms with E-state index in [1.54, 1.807) is 0 Å². The standard InChI is InChI=1S/C18H18N2O4/c1-24-16-8-7-14(20(22)23)11-15(16)17(21)19-12-18(9-10-18)13-5-3-2-4-6-13/h2-8,11H,9-10,12H2,1H3,(H,19,21). The Bertz CT molecular complexity index is 770. The van der Waals surface area contributed by atoms with Crippen LogP contribution in [0, 0.1) is 10.1 Å². The molecular formula is C18H18N2O4. The number of nitrogens with zero attached hydrogens (tertiary/aromatic N) is 1. The average Bonchev–Trinajstić information content (AvgIpc) is 3.41. The Labute approximate surface area is 139 Å². The molecule has 0 atom stereocenters. The van der Waals surface area contributed by atoms with Gasteiger partial charge in [0.05, 0.1) is 17.6 Å². The van der Waals surface area contributed by atoms with E-state index < -0.39 is 4.92 Å². The van der Waals surface area contributed by atoms with Crippen LogP contribution in [0.4, 0.5) is 5.69 Å². The van der Waals surface area contributed by atoms with Crippen LogP contribution in [-0.4, -0.2) is 24.5 Å². The molecule has 0 aromatic heterocycles. The molecule has 1 fully saturated rings. The van der Waals surface area contributed by atoms with Crippen LogP contribution in [0.1, 0.15) is 28.8 Å². The molecule has 0 saturated heterocycles. The third kappa shape index (κ3) is 3.08. The number of methoxy groups -OCH3 is 1. The lowest BCUT2D eigenvalue weighted by molar-refractivity contribution is -0.384. The Morgan fingerprint density at radius 2 is 1.96 bits per heavy atom. The number of rotatable bonds is 6. The minimum Gasteiger partial charge on any atom is -0.496 e. The van der Waals surface area contributed by atoms with Gasteiger partial charge in [-0.05, 0) is 24.5 Å².